The van der Waals surface area contributed by atoms with Gasteiger partial charge in [0.25, 0.3) is 0 Å². The first kappa shape index (κ1) is 21.9. The van der Waals surface area contributed by atoms with E-state index in [4.69, 9.17) is 29.4 Å². The van der Waals surface area contributed by atoms with Gasteiger partial charge in [-0.05, 0) is 47.5 Å². The van der Waals surface area contributed by atoms with Gasteiger partial charge in [-0.25, -0.2) is 0 Å². The molecule has 4 rings (SSSR count). The Hall–Kier alpha value is -1.30. The second-order valence-electron chi connectivity index (χ2n) is 9.93. The average molecular weight is 427 g/mol. The van der Waals surface area contributed by atoms with E-state index in [1.165, 1.54) is 4.90 Å². The molecule has 4 saturated heterocycles. The maximum atomic E-state index is 12.6. The molecule has 3 N–H and O–H groups in total. The number of nitrogens with two attached hydrogens (primary N) is 1. The highest BCUT2D eigenvalue weighted by molar-refractivity contribution is 6.35. The van der Waals surface area contributed by atoms with Crippen molar-refractivity contribution >= 4 is 11.8 Å². The summed E-state index contributed by atoms with van der Waals surface area (Å²) in [4.78, 5) is 26.7. The van der Waals surface area contributed by atoms with Crippen LogP contribution in [0.25, 0.3) is 0 Å². The third-order valence-corrected chi connectivity index (χ3v) is 6.16. The Kier molecular flexibility index (Phi) is 5.19. The number of hydrogen-bond donors (Lipinski definition) is 2. The Balaban J connectivity index is 1.42. The van der Waals surface area contributed by atoms with Gasteiger partial charge in [0.2, 0.25) is 5.79 Å². The van der Waals surface area contributed by atoms with Crippen LogP contribution < -0.4 is 11.1 Å². The minimum Gasteiger partial charge on any atom is -0.343 e. The lowest BCUT2D eigenvalue weighted by Crippen LogP contribution is -2.63. The van der Waals surface area contributed by atoms with E-state index < -0.39 is 41.4 Å². The fraction of sp³-hybridized carbons (Fsp3) is 0.900. The monoisotopic (exact) mass is 427 g/mol. The van der Waals surface area contributed by atoms with Crippen LogP contribution in [0.3, 0.4) is 0 Å². The second-order valence-corrected chi connectivity index (χ2v) is 9.93. The summed E-state index contributed by atoms with van der Waals surface area (Å²) in [7, 11) is 0. The SMILES string of the molecule is CC1(N)CCN(C(=O)C(=O)NCC23OCC4OC(C)(C)OC4C2OC(C)(C)O3)CC1. The molecule has 0 aliphatic carbocycles. The van der Waals surface area contributed by atoms with Crippen LogP contribution in [-0.2, 0) is 33.3 Å². The van der Waals surface area contributed by atoms with E-state index >= 15 is 0 Å². The number of ether oxygens (including phenoxy) is 5. The van der Waals surface area contributed by atoms with Gasteiger partial charge in [-0.3, -0.25) is 9.59 Å². The fourth-order valence-electron chi connectivity index (χ4n) is 4.63. The van der Waals surface area contributed by atoms with Crippen molar-refractivity contribution in [2.24, 2.45) is 5.73 Å². The molecule has 0 aromatic carbocycles. The predicted octanol–water partition coefficient (Wildman–Crippen LogP) is -0.159. The summed E-state index contributed by atoms with van der Waals surface area (Å²) in [6.45, 7) is 10.3. The molecule has 4 aliphatic rings. The highest BCUT2D eigenvalue weighted by Crippen LogP contribution is 2.47. The van der Waals surface area contributed by atoms with E-state index in [-0.39, 0.29) is 24.8 Å². The van der Waals surface area contributed by atoms with Crippen LogP contribution >= 0.6 is 0 Å². The van der Waals surface area contributed by atoms with Crippen molar-refractivity contribution in [3.63, 3.8) is 0 Å². The molecule has 4 fully saturated rings. The van der Waals surface area contributed by atoms with Crippen molar-refractivity contribution in [2.75, 3.05) is 26.2 Å². The number of likely N-dealkylation sites (tertiary alicyclic amines) is 1. The molecule has 4 aliphatic heterocycles. The Morgan fingerprint density at radius 2 is 1.70 bits per heavy atom. The zero-order valence-corrected chi connectivity index (χ0v) is 18.4. The first-order valence-electron chi connectivity index (χ1n) is 10.6. The van der Waals surface area contributed by atoms with E-state index in [2.05, 4.69) is 5.32 Å². The lowest BCUT2D eigenvalue weighted by Gasteiger charge is -2.41. The van der Waals surface area contributed by atoms with Crippen molar-refractivity contribution in [1.82, 2.24) is 10.2 Å². The molecule has 170 valence electrons. The number of hydrogen-bond acceptors (Lipinski definition) is 8. The van der Waals surface area contributed by atoms with Gasteiger partial charge in [0, 0.05) is 18.6 Å². The summed E-state index contributed by atoms with van der Waals surface area (Å²) in [6.07, 6.45) is -0.0130. The maximum absolute atomic E-state index is 12.6. The lowest BCUT2D eigenvalue weighted by atomic mass is 9.91. The number of nitrogens with zero attached hydrogens (tertiary/aromatic N) is 1. The number of fused-ring (bicyclic) bond motifs is 3. The molecule has 0 saturated carbocycles. The molecular formula is C20H33N3O7. The molecule has 10 nitrogen and oxygen atoms in total. The van der Waals surface area contributed by atoms with E-state index in [1.807, 2.05) is 20.8 Å². The Morgan fingerprint density at radius 3 is 2.37 bits per heavy atom. The molecule has 4 atom stereocenters. The Bertz CT molecular complexity index is 715. The largest absolute Gasteiger partial charge is 0.343 e. The number of carbonyl (C=O) groups excluding carboxylic acids is 2. The minimum atomic E-state index is -1.26. The van der Waals surface area contributed by atoms with Crippen molar-refractivity contribution in [3.05, 3.63) is 0 Å². The zero-order chi connectivity index (χ0) is 21.9. The summed E-state index contributed by atoms with van der Waals surface area (Å²) >= 11 is 0. The van der Waals surface area contributed by atoms with Gasteiger partial charge in [0.1, 0.15) is 18.3 Å². The average Bonchev–Trinajstić information content (AvgIpc) is 3.10. The van der Waals surface area contributed by atoms with E-state index in [0.29, 0.717) is 25.9 Å². The Morgan fingerprint density at radius 1 is 1.03 bits per heavy atom. The quantitative estimate of drug-likeness (QED) is 0.583. The van der Waals surface area contributed by atoms with E-state index in [1.54, 1.807) is 13.8 Å². The van der Waals surface area contributed by atoms with Gasteiger partial charge in [0.05, 0.1) is 13.2 Å². The van der Waals surface area contributed by atoms with E-state index in [9.17, 15) is 9.59 Å². The van der Waals surface area contributed by atoms with Gasteiger partial charge < -0.3 is 39.6 Å². The van der Waals surface area contributed by atoms with Crippen LogP contribution in [0.4, 0.5) is 0 Å². The number of amides is 2. The highest BCUT2D eigenvalue weighted by Gasteiger charge is 2.65. The molecule has 0 spiro atoms. The van der Waals surface area contributed by atoms with Crippen LogP contribution in [0.2, 0.25) is 0 Å². The van der Waals surface area contributed by atoms with Crippen LogP contribution in [-0.4, -0.2) is 84.2 Å². The maximum Gasteiger partial charge on any atom is 0.311 e. The predicted molar refractivity (Wildman–Crippen MR) is 104 cm³/mol. The number of piperidine rings is 1. The van der Waals surface area contributed by atoms with Gasteiger partial charge >= 0.3 is 11.8 Å². The minimum absolute atomic E-state index is 0.0406. The molecule has 0 bridgehead atoms. The summed E-state index contributed by atoms with van der Waals surface area (Å²) in [5.74, 6) is -4.25. The van der Waals surface area contributed by atoms with Gasteiger partial charge in [-0.2, -0.15) is 0 Å². The first-order chi connectivity index (χ1) is 13.8. The van der Waals surface area contributed by atoms with Crippen molar-refractivity contribution in [3.8, 4) is 0 Å². The molecule has 10 heteroatoms. The molecule has 4 heterocycles. The number of carbonyl (C=O) groups is 2. The van der Waals surface area contributed by atoms with Gasteiger partial charge in [0.15, 0.2) is 11.6 Å². The summed E-state index contributed by atoms with van der Waals surface area (Å²) < 4.78 is 30.1. The molecule has 30 heavy (non-hydrogen) atoms. The van der Waals surface area contributed by atoms with Gasteiger partial charge in [-0.15, -0.1) is 0 Å². The summed E-state index contributed by atoms with van der Waals surface area (Å²) in [6, 6.07) is 0. The third kappa shape index (κ3) is 4.09. The highest BCUT2D eigenvalue weighted by atomic mass is 16.9. The van der Waals surface area contributed by atoms with Crippen molar-refractivity contribution < 1.29 is 33.3 Å². The Labute approximate surface area is 176 Å². The van der Waals surface area contributed by atoms with Crippen molar-refractivity contribution in [1.29, 1.82) is 0 Å². The molecule has 4 unspecified atom stereocenters. The van der Waals surface area contributed by atoms with Crippen molar-refractivity contribution in [2.45, 2.75) is 88.7 Å². The third-order valence-electron chi connectivity index (χ3n) is 6.16. The van der Waals surface area contributed by atoms with Crippen LogP contribution in [0.15, 0.2) is 0 Å². The topological polar surface area (TPSA) is 122 Å². The zero-order valence-electron chi connectivity index (χ0n) is 18.4. The normalized spacial score (nSPS) is 38.6. The second kappa shape index (κ2) is 7.11. The molecular weight excluding hydrogens is 394 g/mol. The van der Waals surface area contributed by atoms with Crippen LogP contribution in [0, 0.1) is 0 Å². The number of rotatable bonds is 2. The summed E-state index contributed by atoms with van der Waals surface area (Å²) in [5, 5.41) is 2.68. The first-order valence-corrected chi connectivity index (χ1v) is 10.6. The smallest absolute Gasteiger partial charge is 0.311 e. The van der Waals surface area contributed by atoms with E-state index in [0.717, 1.165) is 0 Å². The van der Waals surface area contributed by atoms with Gasteiger partial charge in [-0.1, -0.05) is 0 Å². The molecule has 0 radical (unpaired) electrons. The van der Waals surface area contributed by atoms with Crippen LogP contribution in [0.1, 0.15) is 47.5 Å². The fourth-order valence-corrected chi connectivity index (χ4v) is 4.63. The lowest BCUT2D eigenvalue weighted by molar-refractivity contribution is -0.277. The molecule has 2 amide bonds. The standard InChI is InChI=1S/C20H33N3O7/c1-17(2)27-12-10-26-20(14(13(12)28-17)29-18(3,4)30-20)11-22-15(24)16(25)23-8-6-19(5,21)7-9-23/h12-14H,6-11,21H2,1-5H3,(H,22,24). The number of nitrogens with one attached hydrogen (secondary N) is 1. The van der Waals surface area contributed by atoms with Crippen LogP contribution in [0.5, 0.6) is 0 Å². The molecule has 0 aromatic rings. The molecule has 0 aromatic heterocycles. The summed E-state index contributed by atoms with van der Waals surface area (Å²) in [5.41, 5.74) is 5.81.